The van der Waals surface area contributed by atoms with Crippen molar-refractivity contribution in [1.29, 1.82) is 0 Å². The first-order valence-corrected chi connectivity index (χ1v) is 8.90. The summed E-state index contributed by atoms with van der Waals surface area (Å²) in [5.41, 5.74) is 2.28. The van der Waals surface area contributed by atoms with Gasteiger partial charge >= 0.3 is 5.97 Å². The number of amides is 1. The van der Waals surface area contributed by atoms with Gasteiger partial charge in [0.1, 0.15) is 11.8 Å². The Kier molecular flexibility index (Phi) is 5.26. The maximum atomic E-state index is 13.0. The highest BCUT2D eigenvalue weighted by molar-refractivity contribution is 5.98. The van der Waals surface area contributed by atoms with Crippen LogP contribution < -0.4 is 4.74 Å². The Balaban J connectivity index is 1.94. The van der Waals surface area contributed by atoms with E-state index in [1.807, 2.05) is 49.4 Å². The Morgan fingerprint density at radius 2 is 1.92 bits per heavy atom. The molecule has 1 saturated carbocycles. The molecule has 136 valence electrons. The van der Waals surface area contributed by atoms with Crippen LogP contribution in [0.4, 0.5) is 0 Å². The van der Waals surface area contributed by atoms with Crippen LogP contribution in [0.2, 0.25) is 0 Å². The standard InChI is InChI=1S/C21H23NO4/c1-3-26-19-10-5-4-9-18(19)15-7-6-8-16(13-15)20(23)22(17-11-12-17)14(2)21(24)25/h4-10,13-14,17H,3,11-12H2,1-2H3,(H,24,25). The lowest BCUT2D eigenvalue weighted by atomic mass is 10.0. The highest BCUT2D eigenvalue weighted by atomic mass is 16.5. The van der Waals surface area contributed by atoms with Gasteiger partial charge in [0.2, 0.25) is 0 Å². The van der Waals surface area contributed by atoms with E-state index in [1.165, 1.54) is 4.90 Å². The number of hydrogen-bond donors (Lipinski definition) is 1. The molecule has 5 nitrogen and oxygen atoms in total. The van der Waals surface area contributed by atoms with Gasteiger partial charge in [-0.3, -0.25) is 4.79 Å². The monoisotopic (exact) mass is 353 g/mol. The minimum Gasteiger partial charge on any atom is -0.493 e. The number of nitrogens with zero attached hydrogens (tertiary/aromatic N) is 1. The molecule has 1 aliphatic carbocycles. The number of carbonyl (C=O) groups excluding carboxylic acids is 1. The van der Waals surface area contributed by atoms with Crippen LogP contribution in [0, 0.1) is 0 Å². The highest BCUT2D eigenvalue weighted by Gasteiger charge is 2.38. The molecule has 0 heterocycles. The second-order valence-corrected chi connectivity index (χ2v) is 6.47. The van der Waals surface area contributed by atoms with Gasteiger partial charge < -0.3 is 14.7 Å². The Morgan fingerprint density at radius 3 is 2.58 bits per heavy atom. The van der Waals surface area contributed by atoms with E-state index in [4.69, 9.17) is 4.74 Å². The first-order chi connectivity index (χ1) is 12.5. The average molecular weight is 353 g/mol. The second kappa shape index (κ2) is 7.60. The molecule has 0 aliphatic heterocycles. The van der Waals surface area contributed by atoms with Gasteiger partial charge in [-0.25, -0.2) is 4.79 Å². The highest BCUT2D eigenvalue weighted by Crippen LogP contribution is 2.33. The predicted molar refractivity (Wildman–Crippen MR) is 99.3 cm³/mol. The minimum absolute atomic E-state index is 0.0213. The molecule has 3 rings (SSSR count). The van der Waals surface area contributed by atoms with E-state index in [0.29, 0.717) is 12.2 Å². The van der Waals surface area contributed by atoms with Crippen molar-refractivity contribution in [3.8, 4) is 16.9 Å². The molecule has 0 radical (unpaired) electrons. The molecule has 0 aromatic heterocycles. The number of carboxylic acids is 1. The number of ether oxygens (including phenoxy) is 1. The summed E-state index contributed by atoms with van der Waals surface area (Å²) < 4.78 is 5.68. The van der Waals surface area contributed by atoms with Crippen LogP contribution in [0.5, 0.6) is 5.75 Å². The van der Waals surface area contributed by atoms with E-state index in [1.54, 1.807) is 13.0 Å². The average Bonchev–Trinajstić information content (AvgIpc) is 3.47. The van der Waals surface area contributed by atoms with Crippen molar-refractivity contribution in [2.24, 2.45) is 0 Å². The van der Waals surface area contributed by atoms with Crippen molar-refractivity contribution in [3.63, 3.8) is 0 Å². The van der Waals surface area contributed by atoms with Crippen LogP contribution >= 0.6 is 0 Å². The third-order valence-electron chi connectivity index (χ3n) is 4.56. The normalized spacial score (nSPS) is 14.5. The van der Waals surface area contributed by atoms with Crippen molar-refractivity contribution in [2.45, 2.75) is 38.8 Å². The Bertz CT molecular complexity index is 813. The van der Waals surface area contributed by atoms with Gasteiger partial charge in [0.15, 0.2) is 0 Å². The Labute approximate surface area is 153 Å². The number of aliphatic carboxylic acids is 1. The SMILES string of the molecule is CCOc1ccccc1-c1cccc(C(=O)N(C2CC2)C(C)C(=O)O)c1. The lowest BCUT2D eigenvalue weighted by molar-refractivity contribution is -0.141. The van der Waals surface area contributed by atoms with Crippen LogP contribution in [-0.2, 0) is 4.79 Å². The van der Waals surface area contributed by atoms with Crippen LogP contribution in [0.1, 0.15) is 37.0 Å². The molecule has 1 aliphatic rings. The topological polar surface area (TPSA) is 66.8 Å². The molecule has 2 aromatic carbocycles. The summed E-state index contributed by atoms with van der Waals surface area (Å²) >= 11 is 0. The van der Waals surface area contributed by atoms with E-state index in [2.05, 4.69) is 0 Å². The number of rotatable bonds is 7. The fourth-order valence-electron chi connectivity index (χ4n) is 3.08. The third-order valence-corrected chi connectivity index (χ3v) is 4.56. The number of para-hydroxylation sites is 1. The van der Waals surface area contributed by atoms with Crippen LogP contribution in [-0.4, -0.2) is 40.6 Å². The largest absolute Gasteiger partial charge is 0.493 e. The van der Waals surface area contributed by atoms with Gasteiger partial charge in [0, 0.05) is 17.2 Å². The van der Waals surface area contributed by atoms with Crippen molar-refractivity contribution in [3.05, 3.63) is 54.1 Å². The number of benzene rings is 2. The summed E-state index contributed by atoms with van der Waals surface area (Å²) in [5, 5.41) is 9.34. The van der Waals surface area contributed by atoms with Crippen molar-refractivity contribution in [2.75, 3.05) is 6.61 Å². The predicted octanol–water partition coefficient (Wildman–Crippen LogP) is 3.83. The maximum Gasteiger partial charge on any atom is 0.326 e. The first-order valence-electron chi connectivity index (χ1n) is 8.90. The smallest absolute Gasteiger partial charge is 0.326 e. The zero-order chi connectivity index (χ0) is 18.7. The number of carbonyl (C=O) groups is 2. The summed E-state index contributed by atoms with van der Waals surface area (Å²) in [7, 11) is 0. The molecular formula is C21H23NO4. The Hall–Kier alpha value is -2.82. The van der Waals surface area contributed by atoms with E-state index in [-0.39, 0.29) is 11.9 Å². The molecule has 0 saturated heterocycles. The zero-order valence-electron chi connectivity index (χ0n) is 15.0. The lowest BCUT2D eigenvalue weighted by Crippen LogP contribution is -2.44. The summed E-state index contributed by atoms with van der Waals surface area (Å²) in [6, 6.07) is 14.2. The van der Waals surface area contributed by atoms with Crippen LogP contribution in [0.15, 0.2) is 48.5 Å². The number of carboxylic acid groups (broad SMARTS) is 1. The molecule has 1 atom stereocenters. The van der Waals surface area contributed by atoms with Gasteiger partial charge in [-0.2, -0.15) is 0 Å². The molecule has 1 amide bonds. The van der Waals surface area contributed by atoms with Gasteiger partial charge in [-0.05, 0) is 50.5 Å². The molecule has 26 heavy (non-hydrogen) atoms. The van der Waals surface area contributed by atoms with E-state index < -0.39 is 12.0 Å². The van der Waals surface area contributed by atoms with Gasteiger partial charge in [0.25, 0.3) is 5.91 Å². The fourth-order valence-corrected chi connectivity index (χ4v) is 3.08. The lowest BCUT2D eigenvalue weighted by Gasteiger charge is -2.26. The van der Waals surface area contributed by atoms with E-state index >= 15 is 0 Å². The fraction of sp³-hybridized carbons (Fsp3) is 0.333. The van der Waals surface area contributed by atoms with Crippen molar-refractivity contribution >= 4 is 11.9 Å². The summed E-state index contributed by atoms with van der Waals surface area (Å²) in [6.07, 6.45) is 1.71. The van der Waals surface area contributed by atoms with E-state index in [9.17, 15) is 14.7 Å². The van der Waals surface area contributed by atoms with Gasteiger partial charge in [0.05, 0.1) is 6.61 Å². The van der Waals surface area contributed by atoms with Crippen molar-refractivity contribution in [1.82, 2.24) is 4.90 Å². The number of hydrogen-bond acceptors (Lipinski definition) is 3. The van der Waals surface area contributed by atoms with Gasteiger partial charge in [-0.15, -0.1) is 0 Å². The molecule has 2 aromatic rings. The van der Waals surface area contributed by atoms with Crippen LogP contribution in [0.25, 0.3) is 11.1 Å². The minimum atomic E-state index is -0.983. The summed E-state index contributed by atoms with van der Waals surface area (Å²) in [4.78, 5) is 25.9. The molecular weight excluding hydrogens is 330 g/mol. The van der Waals surface area contributed by atoms with Gasteiger partial charge in [-0.1, -0.05) is 30.3 Å². The molecule has 0 spiro atoms. The molecule has 0 bridgehead atoms. The molecule has 1 fully saturated rings. The summed E-state index contributed by atoms with van der Waals surface area (Å²) in [5.74, 6) is -0.459. The second-order valence-electron chi connectivity index (χ2n) is 6.47. The summed E-state index contributed by atoms with van der Waals surface area (Å²) in [6.45, 7) is 4.05. The third kappa shape index (κ3) is 3.72. The van der Waals surface area contributed by atoms with Crippen LogP contribution in [0.3, 0.4) is 0 Å². The molecule has 1 N–H and O–H groups in total. The zero-order valence-corrected chi connectivity index (χ0v) is 15.0. The molecule has 1 unspecified atom stereocenters. The molecule has 5 heteroatoms. The van der Waals surface area contributed by atoms with E-state index in [0.717, 1.165) is 29.7 Å². The van der Waals surface area contributed by atoms with Crippen molar-refractivity contribution < 1.29 is 19.4 Å². The Morgan fingerprint density at radius 1 is 1.19 bits per heavy atom. The maximum absolute atomic E-state index is 13.0. The quantitative estimate of drug-likeness (QED) is 0.821. The first kappa shape index (κ1) is 18.0.